The third-order valence-electron chi connectivity index (χ3n) is 3.60. The maximum Gasteiger partial charge on any atom is 0.139 e. The lowest BCUT2D eigenvalue weighted by Gasteiger charge is -2.12. The smallest absolute Gasteiger partial charge is 0.139 e. The van der Waals surface area contributed by atoms with Gasteiger partial charge in [0.2, 0.25) is 0 Å². The van der Waals surface area contributed by atoms with Crippen molar-refractivity contribution >= 4 is 17.2 Å². The first-order valence-electron chi connectivity index (χ1n) is 6.69. The Morgan fingerprint density at radius 3 is 2.62 bits per heavy atom. The summed E-state index contributed by atoms with van der Waals surface area (Å²) in [5.74, 6) is 0.303. The maximum atomic E-state index is 13.2. The van der Waals surface area contributed by atoms with Crippen molar-refractivity contribution in [2.24, 2.45) is 0 Å². The van der Waals surface area contributed by atoms with E-state index in [-0.39, 0.29) is 5.82 Å². The van der Waals surface area contributed by atoms with Crippen molar-refractivity contribution in [3.8, 4) is 11.3 Å². The molecule has 0 amide bonds. The molecule has 0 aliphatic rings. The van der Waals surface area contributed by atoms with Gasteiger partial charge in [-0.15, -0.1) is 0 Å². The van der Waals surface area contributed by atoms with Crippen LogP contribution < -0.4 is 10.6 Å². The lowest BCUT2D eigenvalue weighted by molar-refractivity contribution is 0.627. The zero-order valence-corrected chi connectivity index (χ0v) is 12.3. The first-order chi connectivity index (χ1) is 9.97. The minimum Gasteiger partial charge on any atom is -0.383 e. The van der Waals surface area contributed by atoms with E-state index in [0.29, 0.717) is 11.5 Å². The van der Waals surface area contributed by atoms with Gasteiger partial charge in [0.25, 0.3) is 0 Å². The topological polar surface area (TPSA) is 46.6 Å². The third kappa shape index (κ3) is 2.20. The van der Waals surface area contributed by atoms with Crippen LogP contribution in [0, 0.1) is 12.7 Å². The van der Waals surface area contributed by atoms with Gasteiger partial charge in [-0.25, -0.2) is 9.37 Å². The zero-order valence-electron chi connectivity index (χ0n) is 12.3. The van der Waals surface area contributed by atoms with Crippen LogP contribution in [-0.2, 0) is 0 Å². The van der Waals surface area contributed by atoms with Gasteiger partial charge in [-0.3, -0.25) is 4.40 Å². The first-order valence-corrected chi connectivity index (χ1v) is 6.69. The summed E-state index contributed by atoms with van der Waals surface area (Å²) in [6, 6.07) is 8.55. The van der Waals surface area contributed by atoms with E-state index in [1.54, 1.807) is 6.07 Å². The Bertz CT molecular complexity index is 821. The van der Waals surface area contributed by atoms with Crippen LogP contribution in [0.25, 0.3) is 16.9 Å². The van der Waals surface area contributed by atoms with Crippen molar-refractivity contribution in [3.05, 3.63) is 47.9 Å². The molecule has 0 saturated heterocycles. The molecular formula is C16H17FN4. The maximum absolute atomic E-state index is 13.2. The molecule has 0 aliphatic heterocycles. The van der Waals surface area contributed by atoms with Gasteiger partial charge in [0, 0.05) is 25.9 Å². The van der Waals surface area contributed by atoms with E-state index < -0.39 is 0 Å². The summed E-state index contributed by atoms with van der Waals surface area (Å²) in [5, 5.41) is 0. The Hall–Kier alpha value is -2.56. The van der Waals surface area contributed by atoms with E-state index in [1.807, 2.05) is 48.6 Å². The van der Waals surface area contributed by atoms with Crippen molar-refractivity contribution in [1.29, 1.82) is 0 Å². The Balaban J connectivity index is 2.22. The van der Waals surface area contributed by atoms with Gasteiger partial charge in [-0.2, -0.15) is 0 Å². The van der Waals surface area contributed by atoms with Crippen molar-refractivity contribution < 1.29 is 4.39 Å². The second-order valence-electron chi connectivity index (χ2n) is 5.31. The molecule has 5 heteroatoms. The molecule has 0 atom stereocenters. The summed E-state index contributed by atoms with van der Waals surface area (Å²) < 4.78 is 15.1. The van der Waals surface area contributed by atoms with Gasteiger partial charge in [-0.05, 0) is 42.8 Å². The lowest BCUT2D eigenvalue weighted by Crippen LogP contribution is -2.09. The number of rotatable bonds is 2. The SMILES string of the molecule is Cc1cc(F)ccc1-c1nc2ccc(N(C)C)cn2c1N. The fraction of sp³-hybridized carbons (Fsp3) is 0.188. The molecule has 3 rings (SSSR count). The number of aryl methyl sites for hydroxylation is 1. The average Bonchev–Trinajstić information content (AvgIpc) is 2.75. The molecule has 0 aliphatic carbocycles. The highest BCUT2D eigenvalue weighted by Gasteiger charge is 2.14. The second kappa shape index (κ2) is 4.77. The van der Waals surface area contributed by atoms with Crippen LogP contribution in [0.15, 0.2) is 36.5 Å². The summed E-state index contributed by atoms with van der Waals surface area (Å²) in [4.78, 5) is 6.57. The van der Waals surface area contributed by atoms with Gasteiger partial charge in [0.15, 0.2) is 0 Å². The Labute approximate surface area is 122 Å². The van der Waals surface area contributed by atoms with Gasteiger partial charge in [0.05, 0.1) is 5.69 Å². The molecule has 4 nitrogen and oxygen atoms in total. The molecule has 0 spiro atoms. The number of hydrogen-bond acceptors (Lipinski definition) is 3. The van der Waals surface area contributed by atoms with Crippen molar-refractivity contribution in [2.45, 2.75) is 6.92 Å². The van der Waals surface area contributed by atoms with Crippen LogP contribution in [0.2, 0.25) is 0 Å². The number of anilines is 2. The number of pyridine rings is 1. The normalized spacial score (nSPS) is 11.0. The fourth-order valence-corrected chi connectivity index (χ4v) is 2.41. The molecule has 21 heavy (non-hydrogen) atoms. The number of fused-ring (bicyclic) bond motifs is 1. The highest BCUT2D eigenvalue weighted by Crippen LogP contribution is 2.30. The molecule has 0 bridgehead atoms. The first kappa shape index (κ1) is 13.4. The van der Waals surface area contributed by atoms with Crippen molar-refractivity contribution in [3.63, 3.8) is 0 Å². The number of aromatic nitrogens is 2. The number of nitrogens with zero attached hydrogens (tertiary/aromatic N) is 3. The van der Waals surface area contributed by atoms with Crippen LogP contribution in [0.4, 0.5) is 15.9 Å². The highest BCUT2D eigenvalue weighted by atomic mass is 19.1. The summed E-state index contributed by atoms with van der Waals surface area (Å²) in [6.45, 7) is 1.85. The molecular weight excluding hydrogens is 267 g/mol. The minimum absolute atomic E-state index is 0.256. The molecule has 3 aromatic rings. The largest absolute Gasteiger partial charge is 0.383 e. The summed E-state index contributed by atoms with van der Waals surface area (Å²) in [5.41, 5.74) is 10.4. The van der Waals surface area contributed by atoms with E-state index in [9.17, 15) is 4.39 Å². The van der Waals surface area contributed by atoms with Gasteiger partial charge in [-0.1, -0.05) is 0 Å². The van der Waals surface area contributed by atoms with Crippen LogP contribution in [0.3, 0.4) is 0 Å². The molecule has 0 unspecified atom stereocenters. The number of benzene rings is 1. The van der Waals surface area contributed by atoms with Gasteiger partial charge < -0.3 is 10.6 Å². The van der Waals surface area contributed by atoms with Crippen LogP contribution in [0.5, 0.6) is 0 Å². The molecule has 0 fully saturated rings. The average molecular weight is 284 g/mol. The molecule has 108 valence electrons. The minimum atomic E-state index is -0.256. The predicted molar refractivity (Wildman–Crippen MR) is 84.1 cm³/mol. The number of nitrogen functional groups attached to an aromatic ring is 1. The van der Waals surface area contributed by atoms with Crippen molar-refractivity contribution in [1.82, 2.24) is 9.38 Å². The molecule has 2 N–H and O–H groups in total. The van der Waals surface area contributed by atoms with E-state index in [4.69, 9.17) is 5.73 Å². The predicted octanol–water partition coefficient (Wildman–Crippen LogP) is 3.10. The second-order valence-corrected chi connectivity index (χ2v) is 5.31. The van der Waals surface area contributed by atoms with Crippen LogP contribution in [-0.4, -0.2) is 23.5 Å². The molecule has 2 aromatic heterocycles. The zero-order chi connectivity index (χ0) is 15.1. The molecule has 1 aromatic carbocycles. The van der Waals surface area contributed by atoms with Gasteiger partial charge >= 0.3 is 0 Å². The fourth-order valence-electron chi connectivity index (χ4n) is 2.41. The van der Waals surface area contributed by atoms with Gasteiger partial charge in [0.1, 0.15) is 23.0 Å². The van der Waals surface area contributed by atoms with E-state index in [2.05, 4.69) is 4.98 Å². The van der Waals surface area contributed by atoms with E-state index in [1.165, 1.54) is 12.1 Å². The summed E-state index contributed by atoms with van der Waals surface area (Å²) >= 11 is 0. The Morgan fingerprint density at radius 2 is 1.95 bits per heavy atom. The van der Waals surface area contributed by atoms with E-state index in [0.717, 1.165) is 22.5 Å². The van der Waals surface area contributed by atoms with Crippen LogP contribution in [0.1, 0.15) is 5.56 Å². The number of imidazole rings is 1. The summed E-state index contributed by atoms with van der Waals surface area (Å²) in [7, 11) is 3.94. The number of hydrogen-bond donors (Lipinski definition) is 1. The summed E-state index contributed by atoms with van der Waals surface area (Å²) in [6.07, 6.45) is 1.94. The molecule has 0 radical (unpaired) electrons. The number of nitrogens with two attached hydrogens (primary N) is 1. The lowest BCUT2D eigenvalue weighted by atomic mass is 10.1. The third-order valence-corrected chi connectivity index (χ3v) is 3.60. The quantitative estimate of drug-likeness (QED) is 0.786. The number of halogens is 1. The van der Waals surface area contributed by atoms with Crippen LogP contribution >= 0.6 is 0 Å². The Morgan fingerprint density at radius 1 is 1.19 bits per heavy atom. The molecule has 0 saturated carbocycles. The standard InChI is InChI=1S/C16H17FN4/c1-10-8-11(17)4-6-13(10)15-16(18)21-9-12(20(2)3)5-7-14(21)19-15/h4-9H,18H2,1-3H3. The van der Waals surface area contributed by atoms with E-state index >= 15 is 0 Å². The highest BCUT2D eigenvalue weighted by molar-refractivity contribution is 5.77. The Kier molecular flexibility index (Phi) is 3.05. The monoisotopic (exact) mass is 284 g/mol. The molecule has 2 heterocycles. The van der Waals surface area contributed by atoms with Crippen molar-refractivity contribution in [2.75, 3.05) is 24.7 Å².